The summed E-state index contributed by atoms with van der Waals surface area (Å²) in [6.45, 7) is 2.81. The largest absolute Gasteiger partial charge is 0.480 e. The van der Waals surface area contributed by atoms with Gasteiger partial charge < -0.3 is 47.0 Å². The molecule has 2 bridgehead atoms. The molecule has 0 saturated carbocycles. The van der Waals surface area contributed by atoms with Gasteiger partial charge in [-0.1, -0.05) is 11.2 Å². The van der Waals surface area contributed by atoms with E-state index in [1.54, 1.807) is 28.0 Å². The maximum absolute atomic E-state index is 12.8. The Hall–Kier alpha value is -4.37. The first-order valence-corrected chi connectivity index (χ1v) is 33.2. The Morgan fingerprint density at radius 2 is 0.975 bits per heavy atom. The number of hydrogen-bond acceptors (Lipinski definition) is 19. The number of nitroso groups, excluding NO2 is 1. The molecular formula is C46H78FMnN11O16S4. The summed E-state index contributed by atoms with van der Waals surface area (Å²) in [5, 5.41) is 39.9. The number of nitrogens with one attached hydrogen (secondary N) is 6. The summed E-state index contributed by atoms with van der Waals surface area (Å²) >= 11 is 0. The number of carbonyl (C=O) groups excluding carboxylic acids is 3. The van der Waals surface area contributed by atoms with E-state index >= 15 is 0 Å². The van der Waals surface area contributed by atoms with Crippen LogP contribution in [0.2, 0.25) is 0 Å². The van der Waals surface area contributed by atoms with Crippen LogP contribution in [0.1, 0.15) is 57.7 Å². The Morgan fingerprint density at radius 1 is 0.620 bits per heavy atom. The molecule has 4 fully saturated rings. The molecule has 451 valence electrons. The molecule has 4 saturated heterocycles. The van der Waals surface area contributed by atoms with Crippen LogP contribution in [0.15, 0.2) is 23.4 Å². The fourth-order valence-corrected chi connectivity index (χ4v) is 17.3. The number of carbonyl (C=O) groups is 5. The smallest absolute Gasteiger partial charge is 0.320 e. The number of aromatic nitrogens is 1. The van der Waals surface area contributed by atoms with Gasteiger partial charge in [0.1, 0.15) is 12.1 Å². The van der Waals surface area contributed by atoms with Crippen LogP contribution in [0.3, 0.4) is 0 Å². The van der Waals surface area contributed by atoms with E-state index in [2.05, 4.69) is 37.1 Å². The molecule has 1 aromatic heterocycles. The van der Waals surface area contributed by atoms with Crippen molar-refractivity contribution in [1.82, 2.24) is 51.6 Å². The minimum atomic E-state index is -3.11. The quantitative estimate of drug-likeness (QED) is 0.0394. The second-order valence-corrected chi connectivity index (χ2v) is 29.3. The molecule has 0 aliphatic carbocycles. The first-order valence-electron chi connectivity index (χ1n) is 26.6. The molecule has 6 amide bonds. The third-order valence-electron chi connectivity index (χ3n) is 14.1. The zero-order chi connectivity index (χ0) is 58.2. The summed E-state index contributed by atoms with van der Waals surface area (Å²) in [6, 6.07) is 1.66. The molecule has 33 heteroatoms. The summed E-state index contributed by atoms with van der Waals surface area (Å²) in [5.41, 5.74) is 1.07. The van der Waals surface area contributed by atoms with E-state index in [-0.39, 0.29) is 172 Å². The van der Waals surface area contributed by atoms with Gasteiger partial charge in [0.2, 0.25) is 0 Å². The van der Waals surface area contributed by atoms with Crippen LogP contribution < -0.4 is 31.9 Å². The Kier molecular flexibility index (Phi) is 28.5. The number of carboxylic acid groups (broad SMARTS) is 2. The fourth-order valence-electron chi connectivity index (χ4n) is 9.88. The molecule has 1 aromatic rings. The molecule has 5 aliphatic heterocycles. The maximum atomic E-state index is 12.8. The maximum Gasteiger partial charge on any atom is 0.320 e. The predicted molar refractivity (Wildman–Crippen MR) is 287 cm³/mol. The van der Waals surface area contributed by atoms with Gasteiger partial charge in [0.05, 0.1) is 72.5 Å². The van der Waals surface area contributed by atoms with Crippen molar-refractivity contribution in [2.24, 2.45) is 28.8 Å². The molecule has 1 radical (unpaired) electrons. The van der Waals surface area contributed by atoms with Crippen molar-refractivity contribution in [3.8, 4) is 0 Å². The van der Waals surface area contributed by atoms with Crippen LogP contribution in [-0.4, -0.2) is 237 Å². The van der Waals surface area contributed by atoms with Gasteiger partial charge in [0, 0.05) is 95.6 Å². The summed E-state index contributed by atoms with van der Waals surface area (Å²) in [4.78, 5) is 83.6. The van der Waals surface area contributed by atoms with Gasteiger partial charge >= 0.3 is 30.0 Å². The number of pyridine rings is 1. The first kappa shape index (κ1) is 67.1. The van der Waals surface area contributed by atoms with Gasteiger partial charge in [0.15, 0.2) is 39.3 Å². The number of urea groups is 3. The van der Waals surface area contributed by atoms with Crippen LogP contribution in [0.25, 0.3) is 0 Å². The number of nitrogens with zero attached hydrogens (tertiary/aromatic N) is 5. The van der Waals surface area contributed by atoms with Crippen molar-refractivity contribution in [1.29, 1.82) is 0 Å². The van der Waals surface area contributed by atoms with E-state index in [0.717, 1.165) is 0 Å². The van der Waals surface area contributed by atoms with Crippen molar-refractivity contribution in [2.75, 3.05) is 132 Å². The Bertz CT molecular complexity index is 2540. The van der Waals surface area contributed by atoms with Crippen LogP contribution in [0.5, 0.6) is 0 Å². The molecule has 0 aromatic carbocycles. The van der Waals surface area contributed by atoms with Crippen LogP contribution >= 0.6 is 0 Å². The number of carboxylic acids is 2. The zero-order valence-corrected chi connectivity index (χ0v) is 48.6. The molecule has 6 heterocycles. The molecular weight excluding hydrogens is 1160 g/mol. The number of rotatable bonds is 22. The number of sulfone groups is 4. The predicted octanol–water partition coefficient (Wildman–Crippen LogP) is -0.950. The van der Waals surface area contributed by atoms with Gasteiger partial charge in [0.25, 0.3) is 0 Å². The van der Waals surface area contributed by atoms with Gasteiger partial charge in [-0.05, 0) is 87.3 Å². The second kappa shape index (κ2) is 33.5. The minimum absolute atomic E-state index is 0. The number of halogens is 1. The van der Waals surface area contributed by atoms with Gasteiger partial charge in [-0.15, -0.1) is 0 Å². The van der Waals surface area contributed by atoms with Crippen molar-refractivity contribution in [2.45, 2.75) is 70.1 Å². The third-order valence-corrected chi connectivity index (χ3v) is 21.4. The van der Waals surface area contributed by atoms with Crippen LogP contribution in [0.4, 0.5) is 18.8 Å². The van der Waals surface area contributed by atoms with E-state index in [4.69, 9.17) is 6.35 Å². The summed E-state index contributed by atoms with van der Waals surface area (Å²) < 4.78 is 108. The normalized spacial score (nSPS) is 24.2. The topological polar surface area (TPSA) is 387 Å². The number of alkyl halides is 1. The number of aliphatic carboxylic acids is 2. The molecule has 0 spiro atoms. The van der Waals surface area contributed by atoms with E-state index < -0.39 is 88.6 Å². The van der Waals surface area contributed by atoms with Crippen molar-refractivity contribution in [3.05, 3.63) is 34.5 Å². The van der Waals surface area contributed by atoms with E-state index in [9.17, 15) is 77.2 Å². The zero-order valence-electron chi connectivity index (χ0n) is 45.1. The average molecular weight is 1240 g/mol. The summed E-state index contributed by atoms with van der Waals surface area (Å²) in [5.74, 6) is -2.06. The summed E-state index contributed by atoms with van der Waals surface area (Å²) in [7, 11) is -13.1. The Morgan fingerprint density at radius 3 is 1.30 bits per heavy atom. The molecule has 6 atom stereocenters. The molecule has 6 unspecified atom stereocenters. The van der Waals surface area contributed by atoms with Crippen molar-refractivity contribution in [3.63, 3.8) is 0 Å². The summed E-state index contributed by atoms with van der Waals surface area (Å²) in [6.07, 6.45) is 2.55. The second-order valence-electron chi connectivity index (χ2n) is 20.3. The number of fused-ring (bicyclic) bond motifs is 2. The molecule has 6 rings (SSSR count). The van der Waals surface area contributed by atoms with Crippen LogP contribution in [0, 0.1) is 28.6 Å². The van der Waals surface area contributed by atoms with Crippen LogP contribution in [-0.2, 0) is 79.1 Å². The average Bonchev–Trinajstić information content (AvgIpc) is 4.13. The number of amides is 6. The molecule has 5 aliphatic rings. The van der Waals surface area contributed by atoms with E-state index in [1.165, 1.54) is 0 Å². The fraction of sp³-hybridized carbons (Fsp3) is 0.783. The SMILES string of the molecule is O=C(NCCCN1CCN(C(CCNC(=O)NCC2CCS(=O)(=O)C2)C(=O)O)Cc2cccc(n2)CN(C(CCNC(=O)NCC2CCS(=O)(=O)C2)C(=O)O)CC1)NCC1CCS(=O)(=O)C1.O=NCC1CCS(=O)(=O)C1.[2H]CF.[Mn]. The standard InChI is InChI=1S/C40H66N10O13S3.C5H9NO3S.CH3F.Mn/c51-36(52)34(5-11-42-39(56)45-22-30-8-19-65(60,61)27-30)49-16-14-48(13-2-10-41-38(55)44-21-29-7-18-64(58,59)26-29)15-17-50(25-33-4-1-3-32(24-49)47-33)35(37(53)54)6-12-43-40(57)46-23-31-9-20-66(62,63)28-31;7-6-3-5-1-2-10(8,9)4-5;1-2;/h1,3-4,29-31,34-35H,2,5-28H2,(H,51,52)(H,53,54)(H2,41,44,55)(H2,42,45,56)(H2,43,46,57);5H,1-4H2;1H3;/i;;1D;. The molecule has 8 N–H and O–H groups in total. The van der Waals surface area contributed by atoms with E-state index in [0.29, 0.717) is 63.1 Å². The molecule has 27 nitrogen and oxygen atoms in total. The molecule has 79 heavy (non-hydrogen) atoms. The van der Waals surface area contributed by atoms with Crippen molar-refractivity contribution >= 4 is 69.4 Å². The van der Waals surface area contributed by atoms with E-state index in [1.807, 2.05) is 4.90 Å². The van der Waals surface area contributed by atoms with Gasteiger partial charge in [-0.25, -0.2) is 48.1 Å². The van der Waals surface area contributed by atoms with Gasteiger partial charge in [-0.3, -0.25) is 28.8 Å². The van der Waals surface area contributed by atoms with Crippen molar-refractivity contribution < 1.29 is 90.7 Å². The Labute approximate surface area is 474 Å². The number of hydrogen-bond donors (Lipinski definition) is 8. The van der Waals surface area contributed by atoms with Gasteiger partial charge in [-0.2, -0.15) is 4.91 Å². The first-order chi connectivity index (χ1) is 37.3. The monoisotopic (exact) mass is 1240 g/mol. The Balaban J connectivity index is 0.00000106. The minimum Gasteiger partial charge on any atom is -0.480 e. The third kappa shape index (κ3) is 26.0.